The highest BCUT2D eigenvalue weighted by molar-refractivity contribution is 14.1. The fourth-order valence-electron chi connectivity index (χ4n) is 1.89. The van der Waals surface area contributed by atoms with Crippen molar-refractivity contribution in [3.05, 3.63) is 67.3 Å². The molecule has 0 aromatic heterocycles. The van der Waals surface area contributed by atoms with E-state index in [1.807, 2.05) is 24.3 Å². The number of carbonyl (C=O) groups is 1. The second-order valence-corrected chi connectivity index (χ2v) is 7.16. The maximum absolute atomic E-state index is 12.1. The SMILES string of the molecule is C=CCOc1ccc(/C=N\NC(=O)c2ccc(I)c(OC)c2)cc1I. The zero-order valence-electron chi connectivity index (χ0n) is 13.5. The molecule has 7 heteroatoms. The van der Waals surface area contributed by atoms with Crippen LogP contribution in [0.3, 0.4) is 0 Å². The molecule has 1 amide bonds. The Labute approximate surface area is 173 Å². The molecule has 5 nitrogen and oxygen atoms in total. The molecule has 2 rings (SSSR count). The van der Waals surface area contributed by atoms with Gasteiger partial charge in [0.05, 0.1) is 20.5 Å². The van der Waals surface area contributed by atoms with Crippen LogP contribution in [0.5, 0.6) is 11.5 Å². The lowest BCUT2D eigenvalue weighted by Gasteiger charge is -2.07. The summed E-state index contributed by atoms with van der Waals surface area (Å²) >= 11 is 4.34. The number of carbonyl (C=O) groups excluding carboxylic acids is 1. The largest absolute Gasteiger partial charge is 0.496 e. The van der Waals surface area contributed by atoms with Crippen molar-refractivity contribution in [3.8, 4) is 11.5 Å². The molecule has 0 fully saturated rings. The van der Waals surface area contributed by atoms with Crippen molar-refractivity contribution in [1.82, 2.24) is 5.43 Å². The first-order chi connectivity index (χ1) is 12.0. The van der Waals surface area contributed by atoms with Gasteiger partial charge in [-0.15, -0.1) is 0 Å². The molecular formula is C18H16I2N2O3. The van der Waals surface area contributed by atoms with Crippen LogP contribution in [-0.2, 0) is 0 Å². The molecule has 0 atom stereocenters. The first-order valence-electron chi connectivity index (χ1n) is 7.25. The maximum atomic E-state index is 12.1. The summed E-state index contributed by atoms with van der Waals surface area (Å²) < 4.78 is 12.6. The molecular weight excluding hydrogens is 546 g/mol. The molecule has 0 bridgehead atoms. The van der Waals surface area contributed by atoms with Crippen LogP contribution in [0, 0.1) is 7.14 Å². The van der Waals surface area contributed by atoms with Crippen LogP contribution < -0.4 is 14.9 Å². The van der Waals surface area contributed by atoms with Crippen molar-refractivity contribution in [2.75, 3.05) is 13.7 Å². The average molecular weight is 562 g/mol. The van der Waals surface area contributed by atoms with Crippen LogP contribution in [0.1, 0.15) is 15.9 Å². The van der Waals surface area contributed by atoms with E-state index in [1.54, 1.807) is 31.5 Å². The highest BCUT2D eigenvalue weighted by Gasteiger charge is 2.08. The fourth-order valence-corrected chi connectivity index (χ4v) is 3.14. The van der Waals surface area contributed by atoms with E-state index in [0.717, 1.165) is 18.5 Å². The van der Waals surface area contributed by atoms with Crippen molar-refractivity contribution < 1.29 is 14.3 Å². The third-order valence-electron chi connectivity index (χ3n) is 3.11. The number of methoxy groups -OCH3 is 1. The van der Waals surface area contributed by atoms with Crippen LogP contribution in [0.25, 0.3) is 0 Å². The molecule has 1 N–H and O–H groups in total. The van der Waals surface area contributed by atoms with E-state index in [0.29, 0.717) is 17.9 Å². The van der Waals surface area contributed by atoms with Crippen molar-refractivity contribution >= 4 is 57.3 Å². The number of rotatable bonds is 7. The smallest absolute Gasteiger partial charge is 0.271 e. The number of hydrazone groups is 1. The highest BCUT2D eigenvalue weighted by atomic mass is 127. The minimum Gasteiger partial charge on any atom is -0.496 e. The van der Waals surface area contributed by atoms with Gasteiger partial charge in [0.2, 0.25) is 0 Å². The van der Waals surface area contributed by atoms with E-state index in [2.05, 4.69) is 62.3 Å². The Hall–Kier alpha value is -1.62. The molecule has 0 unspecified atom stereocenters. The summed E-state index contributed by atoms with van der Waals surface area (Å²) in [7, 11) is 1.57. The highest BCUT2D eigenvalue weighted by Crippen LogP contribution is 2.22. The number of halogens is 2. The van der Waals surface area contributed by atoms with Gasteiger partial charge in [-0.2, -0.15) is 5.10 Å². The van der Waals surface area contributed by atoms with Crippen molar-refractivity contribution in [1.29, 1.82) is 0 Å². The summed E-state index contributed by atoms with van der Waals surface area (Å²) in [6.07, 6.45) is 3.28. The third-order valence-corrected chi connectivity index (χ3v) is 4.84. The van der Waals surface area contributed by atoms with E-state index in [9.17, 15) is 4.79 Å². The van der Waals surface area contributed by atoms with Crippen LogP contribution in [-0.4, -0.2) is 25.8 Å². The minimum absolute atomic E-state index is 0.299. The molecule has 130 valence electrons. The molecule has 0 aliphatic carbocycles. The van der Waals surface area contributed by atoms with Crippen LogP contribution >= 0.6 is 45.2 Å². The lowest BCUT2D eigenvalue weighted by Crippen LogP contribution is -2.17. The van der Waals surface area contributed by atoms with Gasteiger partial charge < -0.3 is 9.47 Å². The maximum Gasteiger partial charge on any atom is 0.271 e. The average Bonchev–Trinajstić information content (AvgIpc) is 2.61. The van der Waals surface area contributed by atoms with Gasteiger partial charge in [-0.05, 0) is 87.1 Å². The Morgan fingerprint density at radius 3 is 2.68 bits per heavy atom. The monoisotopic (exact) mass is 562 g/mol. The summed E-state index contributed by atoms with van der Waals surface area (Å²) in [5.41, 5.74) is 3.85. The van der Waals surface area contributed by atoms with Gasteiger partial charge in [-0.3, -0.25) is 4.79 Å². The minimum atomic E-state index is -0.299. The van der Waals surface area contributed by atoms with Crippen LogP contribution in [0.15, 0.2) is 54.2 Å². The molecule has 0 aliphatic rings. The number of nitrogens with zero attached hydrogens (tertiary/aromatic N) is 1. The summed E-state index contributed by atoms with van der Waals surface area (Å²) in [6.45, 7) is 4.08. The molecule has 0 radical (unpaired) electrons. The fraction of sp³-hybridized carbons (Fsp3) is 0.111. The Morgan fingerprint density at radius 1 is 1.20 bits per heavy atom. The lowest BCUT2D eigenvalue weighted by atomic mass is 10.2. The number of amides is 1. The molecule has 25 heavy (non-hydrogen) atoms. The second kappa shape index (κ2) is 9.76. The molecule has 0 spiro atoms. The molecule has 0 saturated carbocycles. The van der Waals surface area contributed by atoms with Gasteiger partial charge in [-0.25, -0.2) is 5.43 Å². The molecule has 0 saturated heterocycles. The van der Waals surface area contributed by atoms with E-state index in [4.69, 9.17) is 9.47 Å². The van der Waals surface area contributed by atoms with Gasteiger partial charge >= 0.3 is 0 Å². The Morgan fingerprint density at radius 2 is 2.00 bits per heavy atom. The summed E-state index contributed by atoms with van der Waals surface area (Å²) in [6, 6.07) is 10.9. The van der Waals surface area contributed by atoms with Crippen molar-refractivity contribution in [3.63, 3.8) is 0 Å². The van der Waals surface area contributed by atoms with Crippen LogP contribution in [0.2, 0.25) is 0 Å². The number of benzene rings is 2. The predicted octanol–water partition coefficient (Wildman–Crippen LogP) is 4.23. The number of hydrogen-bond donors (Lipinski definition) is 1. The summed E-state index contributed by atoms with van der Waals surface area (Å²) in [5.74, 6) is 1.14. The first kappa shape index (κ1) is 19.7. The van der Waals surface area contributed by atoms with E-state index < -0.39 is 0 Å². The van der Waals surface area contributed by atoms with Crippen molar-refractivity contribution in [2.24, 2.45) is 5.10 Å². The summed E-state index contributed by atoms with van der Waals surface area (Å²) in [4.78, 5) is 12.1. The predicted molar refractivity (Wildman–Crippen MR) is 116 cm³/mol. The van der Waals surface area contributed by atoms with Crippen molar-refractivity contribution in [2.45, 2.75) is 0 Å². The van der Waals surface area contributed by atoms with Gasteiger partial charge in [-0.1, -0.05) is 12.7 Å². The number of nitrogens with one attached hydrogen (secondary N) is 1. The summed E-state index contributed by atoms with van der Waals surface area (Å²) in [5, 5.41) is 4.00. The molecule has 0 heterocycles. The topological polar surface area (TPSA) is 59.9 Å². The van der Waals surface area contributed by atoms with Gasteiger partial charge in [0.1, 0.15) is 18.1 Å². The number of ether oxygens (including phenoxy) is 2. The van der Waals surface area contributed by atoms with E-state index >= 15 is 0 Å². The lowest BCUT2D eigenvalue weighted by molar-refractivity contribution is 0.0954. The molecule has 2 aromatic rings. The Balaban J connectivity index is 2.01. The quantitative estimate of drug-likeness (QED) is 0.238. The standard InChI is InChI=1S/C18H16I2N2O3/c1-3-8-25-16-7-4-12(9-15(16)20)11-21-22-18(23)13-5-6-14(19)17(10-13)24-2/h3-7,9-11H,1,8H2,2H3,(H,22,23)/b21-11-. The zero-order valence-corrected chi connectivity index (χ0v) is 17.8. The molecule has 0 aliphatic heterocycles. The van der Waals surface area contributed by atoms with E-state index in [-0.39, 0.29) is 5.91 Å². The Bertz CT molecular complexity index is 807. The van der Waals surface area contributed by atoms with Crippen LogP contribution in [0.4, 0.5) is 0 Å². The normalized spacial score (nSPS) is 10.5. The number of hydrogen-bond acceptors (Lipinski definition) is 4. The third kappa shape index (κ3) is 5.70. The van der Waals surface area contributed by atoms with Gasteiger partial charge in [0.15, 0.2) is 0 Å². The molecule has 2 aromatic carbocycles. The van der Waals surface area contributed by atoms with Gasteiger partial charge in [0, 0.05) is 5.56 Å². The second-order valence-electron chi connectivity index (χ2n) is 4.84. The zero-order chi connectivity index (χ0) is 18.2. The van der Waals surface area contributed by atoms with E-state index in [1.165, 1.54) is 0 Å². The Kier molecular flexibility index (Phi) is 7.69. The van der Waals surface area contributed by atoms with Gasteiger partial charge in [0.25, 0.3) is 5.91 Å². The first-order valence-corrected chi connectivity index (χ1v) is 9.41.